The molecule has 0 fully saturated rings. The average Bonchev–Trinajstić information content (AvgIpc) is 2.51. The van der Waals surface area contributed by atoms with Crippen LogP contribution in [0.2, 0.25) is 0 Å². The van der Waals surface area contributed by atoms with Crippen molar-refractivity contribution in [1.29, 1.82) is 0 Å². The third-order valence-corrected chi connectivity index (χ3v) is 4.50. The van der Waals surface area contributed by atoms with Crippen molar-refractivity contribution in [1.82, 2.24) is 0 Å². The van der Waals surface area contributed by atoms with Gasteiger partial charge < -0.3 is 4.74 Å². The van der Waals surface area contributed by atoms with Crippen molar-refractivity contribution in [3.63, 3.8) is 0 Å². The van der Waals surface area contributed by atoms with E-state index in [0.717, 1.165) is 12.8 Å². The van der Waals surface area contributed by atoms with Gasteiger partial charge in [0.1, 0.15) is 0 Å². The molecule has 1 nitrogen and oxygen atoms in total. The number of unbranched alkanes of at least 4 members (excludes halogenated alkanes) is 14. The highest BCUT2D eigenvalue weighted by molar-refractivity contribution is 7.80. The summed E-state index contributed by atoms with van der Waals surface area (Å²) in [5, 5.41) is 0.685. The Labute approximate surface area is 144 Å². The maximum Gasteiger partial charge on any atom is 0.166 e. The lowest BCUT2D eigenvalue weighted by Crippen LogP contribution is -1.95. The lowest BCUT2D eigenvalue weighted by Gasteiger charge is -2.04. The molecule has 0 aliphatic heterocycles. The molecule has 22 heavy (non-hydrogen) atoms. The lowest BCUT2D eigenvalue weighted by molar-refractivity contribution is 0.465. The molecule has 0 unspecified atom stereocenters. The standard InChI is InChI=1S/C20H38OS/c1-3-5-6-7-8-9-10-11-12-13-14-15-16-17-18-19-20(22)21-4-2/h4H,2-3,5-19H2,1H3. The Bertz CT molecular complexity index is 250. The lowest BCUT2D eigenvalue weighted by atomic mass is 10.0. The molecule has 0 aromatic rings. The summed E-state index contributed by atoms with van der Waals surface area (Å²) in [5.74, 6) is 0. The van der Waals surface area contributed by atoms with Gasteiger partial charge in [0, 0.05) is 6.42 Å². The Balaban J connectivity index is 3.02. The third kappa shape index (κ3) is 17.7. The smallest absolute Gasteiger partial charge is 0.166 e. The number of hydrogen-bond donors (Lipinski definition) is 0. The van der Waals surface area contributed by atoms with Gasteiger partial charge in [-0.25, -0.2) is 0 Å². The molecule has 0 spiro atoms. The summed E-state index contributed by atoms with van der Waals surface area (Å²) in [4.78, 5) is 0. The molecule has 0 saturated carbocycles. The second-order valence-electron chi connectivity index (χ2n) is 6.36. The molecule has 0 heterocycles. The average molecular weight is 327 g/mol. The molecule has 0 aromatic carbocycles. The Morgan fingerprint density at radius 1 is 0.727 bits per heavy atom. The predicted octanol–water partition coefficient (Wildman–Crippen LogP) is 7.74. The molecular weight excluding hydrogens is 288 g/mol. The quantitative estimate of drug-likeness (QED) is 0.154. The molecule has 0 rings (SSSR count). The monoisotopic (exact) mass is 326 g/mol. The molecule has 0 aliphatic carbocycles. The first-order valence-corrected chi connectivity index (χ1v) is 10.0. The van der Waals surface area contributed by atoms with Gasteiger partial charge in [0.15, 0.2) is 5.05 Å². The molecular formula is C20H38OS. The maximum atomic E-state index is 5.06. The van der Waals surface area contributed by atoms with Crippen LogP contribution in [-0.4, -0.2) is 5.05 Å². The number of ether oxygens (including phenoxy) is 1. The maximum absolute atomic E-state index is 5.06. The Kier molecular flexibility index (Phi) is 18.4. The number of hydrogen-bond acceptors (Lipinski definition) is 2. The largest absolute Gasteiger partial charge is 0.459 e. The van der Waals surface area contributed by atoms with Crippen LogP contribution in [-0.2, 0) is 4.74 Å². The van der Waals surface area contributed by atoms with Crippen molar-refractivity contribution in [2.45, 2.75) is 110 Å². The molecule has 0 bridgehead atoms. The van der Waals surface area contributed by atoms with Gasteiger partial charge in [-0.3, -0.25) is 0 Å². The first kappa shape index (κ1) is 21.6. The van der Waals surface area contributed by atoms with Crippen LogP contribution in [0.25, 0.3) is 0 Å². The molecule has 0 saturated heterocycles. The molecule has 0 atom stereocenters. The van der Waals surface area contributed by atoms with Gasteiger partial charge in [-0.2, -0.15) is 0 Å². The third-order valence-electron chi connectivity index (χ3n) is 4.20. The van der Waals surface area contributed by atoms with E-state index in [9.17, 15) is 0 Å². The zero-order chi connectivity index (χ0) is 16.3. The van der Waals surface area contributed by atoms with Gasteiger partial charge in [-0.05, 0) is 18.6 Å². The van der Waals surface area contributed by atoms with Crippen molar-refractivity contribution in [3.05, 3.63) is 12.8 Å². The van der Waals surface area contributed by atoms with Crippen LogP contribution in [0.3, 0.4) is 0 Å². The Morgan fingerprint density at radius 3 is 1.45 bits per heavy atom. The van der Waals surface area contributed by atoms with E-state index in [1.165, 1.54) is 96.2 Å². The second kappa shape index (κ2) is 18.7. The van der Waals surface area contributed by atoms with Gasteiger partial charge in [0.2, 0.25) is 0 Å². The fourth-order valence-corrected chi connectivity index (χ4v) is 3.00. The summed E-state index contributed by atoms with van der Waals surface area (Å²) in [6.45, 7) is 5.80. The van der Waals surface area contributed by atoms with E-state index in [2.05, 4.69) is 13.5 Å². The van der Waals surface area contributed by atoms with E-state index in [4.69, 9.17) is 17.0 Å². The van der Waals surface area contributed by atoms with Gasteiger partial charge in [-0.1, -0.05) is 103 Å². The summed E-state index contributed by atoms with van der Waals surface area (Å²) >= 11 is 5.06. The van der Waals surface area contributed by atoms with Crippen LogP contribution in [0.4, 0.5) is 0 Å². The highest BCUT2D eigenvalue weighted by Crippen LogP contribution is 2.13. The number of thiocarbonyl (C=S) groups is 1. The summed E-state index contributed by atoms with van der Waals surface area (Å²) in [6.07, 6.45) is 23.2. The molecule has 0 radical (unpaired) electrons. The fourth-order valence-electron chi connectivity index (χ4n) is 2.79. The first-order valence-electron chi connectivity index (χ1n) is 9.61. The topological polar surface area (TPSA) is 9.23 Å². The molecule has 2 heteroatoms. The molecule has 130 valence electrons. The molecule has 0 amide bonds. The summed E-state index contributed by atoms with van der Waals surface area (Å²) in [5.41, 5.74) is 0. The van der Waals surface area contributed by atoms with E-state index in [1.54, 1.807) is 0 Å². The molecule has 0 aliphatic rings. The summed E-state index contributed by atoms with van der Waals surface area (Å²) in [6, 6.07) is 0. The Morgan fingerprint density at radius 2 is 1.09 bits per heavy atom. The predicted molar refractivity (Wildman–Crippen MR) is 103 cm³/mol. The van der Waals surface area contributed by atoms with Crippen LogP contribution in [0, 0.1) is 0 Å². The van der Waals surface area contributed by atoms with E-state index in [1.807, 2.05) is 0 Å². The Hall–Kier alpha value is -0.370. The molecule has 0 N–H and O–H groups in total. The van der Waals surface area contributed by atoms with Gasteiger partial charge >= 0.3 is 0 Å². The van der Waals surface area contributed by atoms with Crippen LogP contribution < -0.4 is 0 Å². The fraction of sp³-hybridized carbons (Fsp3) is 0.850. The van der Waals surface area contributed by atoms with E-state index in [0.29, 0.717) is 5.05 Å². The van der Waals surface area contributed by atoms with Crippen molar-refractivity contribution < 1.29 is 4.74 Å². The highest BCUT2D eigenvalue weighted by Gasteiger charge is 1.97. The number of rotatable bonds is 17. The second-order valence-corrected chi connectivity index (χ2v) is 6.81. The van der Waals surface area contributed by atoms with Gasteiger partial charge in [-0.15, -0.1) is 0 Å². The van der Waals surface area contributed by atoms with Crippen molar-refractivity contribution >= 4 is 17.3 Å². The molecule has 0 aromatic heterocycles. The van der Waals surface area contributed by atoms with Gasteiger partial charge in [0.05, 0.1) is 6.26 Å². The van der Waals surface area contributed by atoms with Crippen LogP contribution in [0.5, 0.6) is 0 Å². The zero-order valence-corrected chi connectivity index (χ0v) is 15.7. The normalized spacial score (nSPS) is 10.6. The highest BCUT2D eigenvalue weighted by atomic mass is 32.1. The van der Waals surface area contributed by atoms with E-state index < -0.39 is 0 Å². The minimum absolute atomic E-state index is 0.685. The zero-order valence-electron chi connectivity index (χ0n) is 14.9. The van der Waals surface area contributed by atoms with Crippen LogP contribution in [0.1, 0.15) is 110 Å². The summed E-state index contributed by atoms with van der Waals surface area (Å²) < 4.78 is 5.06. The SMILES string of the molecule is C=COC(=S)CCCCCCCCCCCCCCCCC. The van der Waals surface area contributed by atoms with Crippen molar-refractivity contribution in [3.8, 4) is 0 Å². The minimum Gasteiger partial charge on any atom is -0.459 e. The summed E-state index contributed by atoms with van der Waals surface area (Å²) in [7, 11) is 0. The van der Waals surface area contributed by atoms with Crippen molar-refractivity contribution in [2.75, 3.05) is 0 Å². The minimum atomic E-state index is 0.685. The van der Waals surface area contributed by atoms with Crippen molar-refractivity contribution in [2.24, 2.45) is 0 Å². The van der Waals surface area contributed by atoms with E-state index in [-0.39, 0.29) is 0 Å². The first-order chi connectivity index (χ1) is 10.8. The van der Waals surface area contributed by atoms with E-state index >= 15 is 0 Å². The van der Waals surface area contributed by atoms with Crippen LogP contribution >= 0.6 is 12.2 Å². The van der Waals surface area contributed by atoms with Crippen LogP contribution in [0.15, 0.2) is 12.8 Å². The van der Waals surface area contributed by atoms with Gasteiger partial charge in [0.25, 0.3) is 0 Å².